The summed E-state index contributed by atoms with van der Waals surface area (Å²) in [5, 5.41) is 0.381. The van der Waals surface area contributed by atoms with Gasteiger partial charge >= 0.3 is 0 Å². The van der Waals surface area contributed by atoms with Crippen molar-refractivity contribution in [3.05, 3.63) is 58.4 Å². The number of ketones is 1. The van der Waals surface area contributed by atoms with Crippen molar-refractivity contribution < 1.29 is 18.7 Å². The van der Waals surface area contributed by atoms with Gasteiger partial charge in [0, 0.05) is 11.4 Å². The number of carbonyl (C=O) groups is 1. The van der Waals surface area contributed by atoms with Gasteiger partial charge < -0.3 is 9.47 Å². The predicted octanol–water partition coefficient (Wildman–Crippen LogP) is 3.92. The van der Waals surface area contributed by atoms with E-state index in [-0.39, 0.29) is 17.8 Å². The molecule has 0 unspecified atom stereocenters. The third-order valence-corrected chi connectivity index (χ3v) is 3.30. The molecule has 0 amide bonds. The molecule has 0 radical (unpaired) electrons. The van der Waals surface area contributed by atoms with Gasteiger partial charge in [0.15, 0.2) is 5.78 Å². The van der Waals surface area contributed by atoms with Gasteiger partial charge in [0.1, 0.15) is 22.9 Å². The fourth-order valence-corrected chi connectivity index (χ4v) is 2.26. The lowest BCUT2D eigenvalue weighted by atomic mass is 10.0. The zero-order valence-electron chi connectivity index (χ0n) is 11.7. The minimum Gasteiger partial charge on any atom is -0.496 e. The van der Waals surface area contributed by atoms with Crippen molar-refractivity contribution in [1.29, 1.82) is 0 Å². The van der Waals surface area contributed by atoms with Crippen LogP contribution in [0, 0.1) is 5.82 Å². The van der Waals surface area contributed by atoms with Gasteiger partial charge in [-0.1, -0.05) is 17.7 Å². The summed E-state index contributed by atoms with van der Waals surface area (Å²) in [5.74, 6) is 0.00986. The first-order valence-electron chi connectivity index (χ1n) is 6.25. The molecule has 21 heavy (non-hydrogen) atoms. The average molecular weight is 309 g/mol. The van der Waals surface area contributed by atoms with E-state index in [0.29, 0.717) is 22.1 Å². The number of carbonyl (C=O) groups excluding carboxylic acids is 1. The summed E-state index contributed by atoms with van der Waals surface area (Å²) in [4.78, 5) is 12.5. The molecule has 0 heterocycles. The maximum absolute atomic E-state index is 13.7. The van der Waals surface area contributed by atoms with Crippen molar-refractivity contribution in [2.45, 2.75) is 6.42 Å². The summed E-state index contributed by atoms with van der Waals surface area (Å²) < 4.78 is 24.1. The Morgan fingerprint density at radius 2 is 1.76 bits per heavy atom. The Labute approximate surface area is 127 Å². The molecule has 0 aliphatic heterocycles. The molecule has 0 fully saturated rings. The number of Topliss-reactive ketones (excluding diaryl/α,β-unsaturated/α-hetero) is 1. The van der Waals surface area contributed by atoms with E-state index in [9.17, 15) is 9.18 Å². The smallest absolute Gasteiger partial charge is 0.174 e. The molecule has 0 aliphatic rings. The minimum atomic E-state index is -0.471. The molecular formula is C16H14ClFO3. The zero-order valence-corrected chi connectivity index (χ0v) is 12.4. The van der Waals surface area contributed by atoms with Crippen LogP contribution in [0.15, 0.2) is 36.4 Å². The molecule has 0 atom stereocenters. The van der Waals surface area contributed by atoms with Gasteiger partial charge in [0.2, 0.25) is 0 Å². The largest absolute Gasteiger partial charge is 0.496 e. The summed E-state index contributed by atoms with van der Waals surface area (Å²) >= 11 is 5.84. The van der Waals surface area contributed by atoms with Crippen molar-refractivity contribution in [2.75, 3.05) is 14.2 Å². The van der Waals surface area contributed by atoms with Crippen molar-refractivity contribution in [2.24, 2.45) is 0 Å². The quantitative estimate of drug-likeness (QED) is 0.785. The van der Waals surface area contributed by atoms with Crippen molar-refractivity contribution in [3.63, 3.8) is 0 Å². The van der Waals surface area contributed by atoms with Crippen LogP contribution < -0.4 is 9.47 Å². The number of hydrogen-bond donors (Lipinski definition) is 0. The minimum absolute atomic E-state index is 0.122. The molecule has 3 nitrogen and oxygen atoms in total. The van der Waals surface area contributed by atoms with E-state index >= 15 is 0 Å². The molecule has 2 aromatic rings. The van der Waals surface area contributed by atoms with Crippen LogP contribution in [0.1, 0.15) is 15.9 Å². The Morgan fingerprint density at radius 1 is 1.14 bits per heavy atom. The monoisotopic (exact) mass is 308 g/mol. The molecule has 5 heteroatoms. The van der Waals surface area contributed by atoms with Crippen LogP contribution in [-0.2, 0) is 6.42 Å². The number of ether oxygens (including phenoxy) is 2. The fraction of sp³-hybridized carbons (Fsp3) is 0.188. The summed E-state index contributed by atoms with van der Waals surface area (Å²) in [6, 6.07) is 9.15. The highest BCUT2D eigenvalue weighted by molar-refractivity contribution is 6.30. The van der Waals surface area contributed by atoms with Crippen LogP contribution in [0.5, 0.6) is 11.5 Å². The van der Waals surface area contributed by atoms with E-state index in [2.05, 4.69) is 0 Å². The second-order valence-corrected chi connectivity index (χ2v) is 4.81. The van der Waals surface area contributed by atoms with E-state index in [4.69, 9.17) is 21.1 Å². The van der Waals surface area contributed by atoms with Gasteiger partial charge in [0.25, 0.3) is 0 Å². The molecule has 0 N–H and O–H groups in total. The molecule has 0 saturated carbocycles. The number of rotatable bonds is 5. The SMILES string of the molecule is COc1cccc(OC)c1C(=O)Cc1cc(Cl)ccc1F. The molecular weight excluding hydrogens is 295 g/mol. The van der Waals surface area contributed by atoms with Gasteiger partial charge in [-0.25, -0.2) is 4.39 Å². The van der Waals surface area contributed by atoms with Gasteiger partial charge in [0.05, 0.1) is 14.2 Å². The standard InChI is InChI=1S/C16H14ClFO3/c1-20-14-4-3-5-15(21-2)16(14)13(19)9-10-8-11(17)6-7-12(10)18/h3-8H,9H2,1-2H3. The molecule has 0 spiro atoms. The third-order valence-electron chi connectivity index (χ3n) is 3.07. The first kappa shape index (κ1) is 15.3. The Balaban J connectivity index is 2.38. The highest BCUT2D eigenvalue weighted by Gasteiger charge is 2.19. The van der Waals surface area contributed by atoms with Crippen molar-refractivity contribution in [1.82, 2.24) is 0 Å². The van der Waals surface area contributed by atoms with Crippen LogP contribution in [0.4, 0.5) is 4.39 Å². The van der Waals surface area contributed by atoms with Crippen molar-refractivity contribution in [3.8, 4) is 11.5 Å². The molecule has 110 valence electrons. The van der Waals surface area contributed by atoms with Gasteiger partial charge in [-0.15, -0.1) is 0 Å². The van der Waals surface area contributed by atoms with Crippen molar-refractivity contribution >= 4 is 17.4 Å². The zero-order chi connectivity index (χ0) is 15.4. The first-order valence-corrected chi connectivity index (χ1v) is 6.62. The number of halogens is 2. The predicted molar refractivity (Wildman–Crippen MR) is 79.0 cm³/mol. The number of methoxy groups -OCH3 is 2. The lowest BCUT2D eigenvalue weighted by Gasteiger charge is -2.12. The molecule has 0 bridgehead atoms. The lowest BCUT2D eigenvalue weighted by molar-refractivity contribution is 0.0986. The Hall–Kier alpha value is -2.07. The van der Waals surface area contributed by atoms with E-state index in [1.807, 2.05) is 0 Å². The molecule has 2 aromatic carbocycles. The highest BCUT2D eigenvalue weighted by Crippen LogP contribution is 2.30. The average Bonchev–Trinajstić information content (AvgIpc) is 2.49. The fourth-order valence-electron chi connectivity index (χ4n) is 2.07. The Morgan fingerprint density at radius 3 is 2.33 bits per heavy atom. The van der Waals surface area contributed by atoms with E-state index in [1.165, 1.54) is 32.4 Å². The Bertz CT molecular complexity index is 648. The van der Waals surface area contributed by atoms with Crippen LogP contribution in [0.25, 0.3) is 0 Å². The van der Waals surface area contributed by atoms with Gasteiger partial charge in [-0.3, -0.25) is 4.79 Å². The van der Waals surface area contributed by atoms with Crippen LogP contribution in [0.2, 0.25) is 5.02 Å². The summed E-state index contributed by atoms with van der Waals surface area (Å²) in [6.07, 6.45) is -0.122. The molecule has 0 aromatic heterocycles. The summed E-state index contributed by atoms with van der Waals surface area (Å²) in [5.41, 5.74) is 0.530. The molecule has 2 rings (SSSR count). The maximum atomic E-state index is 13.7. The summed E-state index contributed by atoms with van der Waals surface area (Å²) in [7, 11) is 2.93. The van der Waals surface area contributed by atoms with Crippen LogP contribution in [0.3, 0.4) is 0 Å². The van der Waals surface area contributed by atoms with Crippen LogP contribution >= 0.6 is 11.6 Å². The highest BCUT2D eigenvalue weighted by atomic mass is 35.5. The van der Waals surface area contributed by atoms with E-state index < -0.39 is 5.82 Å². The lowest BCUT2D eigenvalue weighted by Crippen LogP contribution is -2.09. The second-order valence-electron chi connectivity index (χ2n) is 4.37. The number of benzene rings is 2. The van der Waals surface area contributed by atoms with Crippen LogP contribution in [-0.4, -0.2) is 20.0 Å². The molecule has 0 aliphatic carbocycles. The Kier molecular flexibility index (Phi) is 4.81. The third kappa shape index (κ3) is 3.34. The van der Waals surface area contributed by atoms with Gasteiger partial charge in [-0.05, 0) is 35.9 Å². The summed E-state index contributed by atoms with van der Waals surface area (Å²) in [6.45, 7) is 0. The van der Waals surface area contributed by atoms with E-state index in [0.717, 1.165) is 0 Å². The topological polar surface area (TPSA) is 35.5 Å². The number of hydrogen-bond acceptors (Lipinski definition) is 3. The van der Waals surface area contributed by atoms with E-state index in [1.54, 1.807) is 18.2 Å². The second kappa shape index (κ2) is 6.59. The first-order chi connectivity index (χ1) is 10.1. The van der Waals surface area contributed by atoms with Gasteiger partial charge in [-0.2, -0.15) is 0 Å². The molecule has 0 saturated heterocycles. The maximum Gasteiger partial charge on any atom is 0.174 e. The normalized spacial score (nSPS) is 10.3.